The summed E-state index contributed by atoms with van der Waals surface area (Å²) < 4.78 is 7.42. The van der Waals surface area contributed by atoms with Crippen molar-refractivity contribution in [3.63, 3.8) is 0 Å². The largest absolute Gasteiger partial charge is 1.00 e. The van der Waals surface area contributed by atoms with Gasteiger partial charge in [-0.15, -0.1) is 0 Å². The van der Waals surface area contributed by atoms with E-state index in [0.29, 0.717) is 16.9 Å². The molecule has 3 rings (SSSR count). The smallest absolute Gasteiger partial charge is 0.104 e. The van der Waals surface area contributed by atoms with E-state index < -0.39 is 0 Å². The second kappa shape index (κ2) is 6.97. The number of hydrogen-bond acceptors (Lipinski definition) is 1. The number of halogens is 1. The summed E-state index contributed by atoms with van der Waals surface area (Å²) in [6.45, 7) is 10.4. The van der Waals surface area contributed by atoms with Gasteiger partial charge in [-0.3, -0.25) is 0 Å². The first-order chi connectivity index (χ1) is 10.7. The predicted octanol–water partition coefficient (Wildman–Crippen LogP) is 1.50. The maximum atomic E-state index is 6.43. The average molecular weight is 352 g/mol. The van der Waals surface area contributed by atoms with E-state index in [2.05, 4.69) is 65.2 Å². The van der Waals surface area contributed by atoms with Gasteiger partial charge in [0.25, 0.3) is 0 Å². The van der Waals surface area contributed by atoms with Crippen LogP contribution < -0.4 is 12.4 Å². The molecular formula is C21H34ClNO. The molecule has 3 unspecified atom stereocenters. The van der Waals surface area contributed by atoms with Crippen LogP contribution in [0, 0.1) is 16.7 Å². The average Bonchev–Trinajstić information content (AvgIpc) is 2.81. The van der Waals surface area contributed by atoms with Gasteiger partial charge in [0, 0.05) is 5.56 Å². The summed E-state index contributed by atoms with van der Waals surface area (Å²) in [5, 5.41) is 0. The van der Waals surface area contributed by atoms with Gasteiger partial charge in [-0.05, 0) is 36.0 Å². The van der Waals surface area contributed by atoms with Crippen LogP contribution in [0.2, 0.25) is 0 Å². The molecule has 0 N–H and O–H groups in total. The molecule has 2 aliphatic rings. The number of hydrogen-bond donors (Lipinski definition) is 0. The predicted molar refractivity (Wildman–Crippen MR) is 96.1 cm³/mol. The van der Waals surface area contributed by atoms with Crippen molar-refractivity contribution in [2.24, 2.45) is 16.7 Å². The summed E-state index contributed by atoms with van der Waals surface area (Å²) >= 11 is 0. The number of nitrogens with zero attached hydrogens (tertiary/aromatic N) is 1. The highest BCUT2D eigenvalue weighted by Crippen LogP contribution is 2.66. The number of ether oxygens (including phenoxy) is 1. The van der Waals surface area contributed by atoms with Crippen LogP contribution in [-0.4, -0.2) is 37.8 Å². The lowest BCUT2D eigenvalue weighted by Gasteiger charge is -2.39. The molecular weight excluding hydrogens is 318 g/mol. The molecule has 0 aromatic heterocycles. The Labute approximate surface area is 154 Å². The Kier molecular flexibility index (Phi) is 5.74. The van der Waals surface area contributed by atoms with Gasteiger partial charge in [-0.1, -0.05) is 51.1 Å². The molecule has 1 aromatic carbocycles. The number of rotatable bonds is 6. The van der Waals surface area contributed by atoms with E-state index in [9.17, 15) is 0 Å². The van der Waals surface area contributed by atoms with E-state index in [1.807, 2.05) is 0 Å². The molecule has 0 heterocycles. The number of likely N-dealkylation sites (N-methyl/N-ethyl adjacent to an activating group) is 1. The van der Waals surface area contributed by atoms with Crippen molar-refractivity contribution >= 4 is 0 Å². The molecule has 3 heteroatoms. The van der Waals surface area contributed by atoms with E-state index in [1.165, 1.54) is 24.8 Å². The summed E-state index contributed by atoms with van der Waals surface area (Å²) in [4.78, 5) is 0. The fraction of sp³-hybridized carbons (Fsp3) is 0.714. The molecule has 0 radical (unpaired) electrons. The molecule has 136 valence electrons. The van der Waals surface area contributed by atoms with Crippen LogP contribution in [0.1, 0.15) is 45.6 Å². The molecule has 0 amide bonds. The topological polar surface area (TPSA) is 9.23 Å². The minimum Gasteiger partial charge on any atom is -1.00 e. The standard InChI is InChI=1S/C21H34NO.ClH/c1-20(2)18-11-12-21(20,3)19(15-18)23-14-13-22(4,5)16-17-9-7-6-8-10-17;/h6-10,18-19H,11-16H2,1-5H3;1H/q+1;/p-1. The van der Waals surface area contributed by atoms with Crippen LogP contribution in [0.25, 0.3) is 0 Å². The van der Waals surface area contributed by atoms with Gasteiger partial charge < -0.3 is 21.6 Å². The van der Waals surface area contributed by atoms with Gasteiger partial charge in [-0.2, -0.15) is 0 Å². The van der Waals surface area contributed by atoms with E-state index in [1.54, 1.807) is 0 Å². The molecule has 24 heavy (non-hydrogen) atoms. The highest BCUT2D eigenvalue weighted by Gasteiger charge is 2.61. The van der Waals surface area contributed by atoms with Gasteiger partial charge in [0.05, 0.1) is 26.8 Å². The SMILES string of the molecule is CC1(C)C2CCC1(C)C(OCC[N+](C)(C)Cc1ccccc1)C2.[Cl-]. The Bertz CT molecular complexity index is 542. The molecule has 2 aliphatic carbocycles. The van der Waals surface area contributed by atoms with Crippen molar-refractivity contribution < 1.29 is 21.6 Å². The van der Waals surface area contributed by atoms with E-state index >= 15 is 0 Å². The lowest BCUT2D eigenvalue weighted by molar-refractivity contribution is -0.904. The molecule has 0 spiro atoms. The minimum absolute atomic E-state index is 0. The van der Waals surface area contributed by atoms with E-state index in [-0.39, 0.29) is 12.4 Å². The normalized spacial score (nSPS) is 31.0. The molecule has 1 aromatic rings. The van der Waals surface area contributed by atoms with Gasteiger partial charge in [0.1, 0.15) is 13.1 Å². The third kappa shape index (κ3) is 3.52. The van der Waals surface area contributed by atoms with Gasteiger partial charge in [0.15, 0.2) is 0 Å². The third-order valence-corrected chi connectivity index (χ3v) is 7.18. The fourth-order valence-corrected chi connectivity index (χ4v) is 4.98. The number of benzene rings is 1. The Morgan fingerprint density at radius 3 is 2.33 bits per heavy atom. The van der Waals surface area contributed by atoms with Crippen LogP contribution in [0.4, 0.5) is 0 Å². The summed E-state index contributed by atoms with van der Waals surface area (Å²) in [5.74, 6) is 0.865. The molecule has 3 atom stereocenters. The summed E-state index contributed by atoms with van der Waals surface area (Å²) in [5.41, 5.74) is 2.24. The van der Waals surface area contributed by atoms with Crippen LogP contribution in [0.15, 0.2) is 30.3 Å². The van der Waals surface area contributed by atoms with Crippen LogP contribution in [0.5, 0.6) is 0 Å². The van der Waals surface area contributed by atoms with Crippen molar-refractivity contribution in [1.82, 2.24) is 0 Å². The van der Waals surface area contributed by atoms with Gasteiger partial charge >= 0.3 is 0 Å². The third-order valence-electron chi connectivity index (χ3n) is 7.18. The second-order valence-electron chi connectivity index (χ2n) is 9.27. The Hall–Kier alpha value is -0.570. The quantitative estimate of drug-likeness (QED) is 0.706. The molecule has 0 saturated heterocycles. The van der Waals surface area contributed by atoms with Gasteiger partial charge in [0.2, 0.25) is 0 Å². The molecule has 2 saturated carbocycles. The van der Waals surface area contributed by atoms with Crippen molar-refractivity contribution in [2.45, 2.75) is 52.7 Å². The zero-order chi connectivity index (χ0) is 16.7. The maximum absolute atomic E-state index is 6.43. The van der Waals surface area contributed by atoms with Crippen LogP contribution in [-0.2, 0) is 11.3 Å². The maximum Gasteiger partial charge on any atom is 0.104 e. The van der Waals surface area contributed by atoms with E-state index in [4.69, 9.17) is 4.74 Å². The van der Waals surface area contributed by atoms with Crippen molar-refractivity contribution in [3.8, 4) is 0 Å². The van der Waals surface area contributed by atoms with Crippen molar-refractivity contribution in [1.29, 1.82) is 0 Å². The highest BCUT2D eigenvalue weighted by molar-refractivity contribution is 5.13. The van der Waals surface area contributed by atoms with Crippen LogP contribution in [0.3, 0.4) is 0 Å². The van der Waals surface area contributed by atoms with Crippen molar-refractivity contribution in [2.75, 3.05) is 27.2 Å². The highest BCUT2D eigenvalue weighted by atomic mass is 35.5. The van der Waals surface area contributed by atoms with E-state index in [0.717, 1.165) is 30.1 Å². The summed E-state index contributed by atoms with van der Waals surface area (Å²) in [6, 6.07) is 10.8. The van der Waals surface area contributed by atoms with Gasteiger partial charge in [-0.25, -0.2) is 0 Å². The second-order valence-corrected chi connectivity index (χ2v) is 9.27. The Morgan fingerprint density at radius 1 is 1.12 bits per heavy atom. The Morgan fingerprint density at radius 2 is 1.79 bits per heavy atom. The number of quaternary nitrogens is 1. The molecule has 0 aliphatic heterocycles. The Balaban J connectivity index is 0.00000208. The minimum atomic E-state index is 0. The van der Waals surface area contributed by atoms with Crippen LogP contribution >= 0.6 is 0 Å². The summed E-state index contributed by atoms with van der Waals surface area (Å²) in [7, 11) is 4.62. The zero-order valence-corrected chi connectivity index (χ0v) is 16.8. The first-order valence-corrected chi connectivity index (χ1v) is 9.22. The lowest BCUT2D eigenvalue weighted by atomic mass is 9.70. The monoisotopic (exact) mass is 351 g/mol. The van der Waals surface area contributed by atoms with Crippen molar-refractivity contribution in [3.05, 3.63) is 35.9 Å². The fourth-order valence-electron chi connectivity index (χ4n) is 4.98. The molecule has 2 bridgehead atoms. The first kappa shape index (κ1) is 19.8. The first-order valence-electron chi connectivity index (χ1n) is 9.22. The zero-order valence-electron chi connectivity index (χ0n) is 16.0. The molecule has 2 fully saturated rings. The summed E-state index contributed by atoms with van der Waals surface area (Å²) in [6.07, 6.45) is 4.49. The molecule has 2 nitrogen and oxygen atoms in total. The number of fused-ring (bicyclic) bond motifs is 2. The lowest BCUT2D eigenvalue weighted by Crippen LogP contribution is -3.00.